The van der Waals surface area contributed by atoms with Crippen LogP contribution in [0, 0.1) is 11.8 Å². The number of hydrogen-bond donors (Lipinski definition) is 0. The van der Waals surface area contributed by atoms with E-state index in [1.807, 2.05) is 50.4 Å². The van der Waals surface area contributed by atoms with Gasteiger partial charge in [0.15, 0.2) is 0 Å². The molecule has 4 aromatic rings. The van der Waals surface area contributed by atoms with E-state index in [1.54, 1.807) is 15.7 Å². The number of benzene rings is 2. The Balaban J connectivity index is 1.48. The number of aromatic nitrogens is 5. The highest BCUT2D eigenvalue weighted by atomic mass is 32.1. The molecule has 0 aliphatic heterocycles. The van der Waals surface area contributed by atoms with Gasteiger partial charge in [0.1, 0.15) is 12.7 Å². The number of rotatable bonds is 6. The summed E-state index contributed by atoms with van der Waals surface area (Å²) >= 11 is 5.37. The van der Waals surface area contributed by atoms with Crippen LogP contribution in [0.5, 0.6) is 0 Å². The lowest BCUT2D eigenvalue weighted by Gasteiger charge is -2.24. The molecule has 0 aliphatic rings. The molecule has 148 valence electrons. The van der Waals surface area contributed by atoms with Crippen molar-refractivity contribution in [3.63, 3.8) is 0 Å². The van der Waals surface area contributed by atoms with E-state index in [1.165, 1.54) is 17.5 Å². The molecule has 1 atom stereocenters. The third-order valence-corrected chi connectivity index (χ3v) is 5.28. The van der Waals surface area contributed by atoms with Crippen LogP contribution in [-0.2, 0) is 6.67 Å². The molecule has 0 fully saturated rings. The molecule has 7 nitrogen and oxygen atoms in total. The lowest BCUT2D eigenvalue weighted by atomic mass is 10.1. The molecule has 2 aromatic heterocycles. The van der Waals surface area contributed by atoms with Gasteiger partial charge in [-0.3, -0.25) is 4.90 Å². The maximum absolute atomic E-state index is 5.71. The quantitative estimate of drug-likeness (QED) is 0.442. The fraction of sp³-hybridized carbons (Fsp3) is 0.238. The predicted octanol–water partition coefficient (Wildman–Crippen LogP) is 4.41. The van der Waals surface area contributed by atoms with Gasteiger partial charge in [-0.25, -0.2) is 14.3 Å². The highest BCUT2D eigenvalue weighted by molar-refractivity contribution is 7.71. The number of aryl methyl sites for hydroxylation is 1. The maximum Gasteiger partial charge on any atom is 0.288 e. The Labute approximate surface area is 174 Å². The summed E-state index contributed by atoms with van der Waals surface area (Å²) in [6, 6.07) is 16.5. The van der Waals surface area contributed by atoms with Crippen LogP contribution < -0.4 is 0 Å². The molecular formula is C21H22N6OS. The average molecular weight is 407 g/mol. The highest BCUT2D eigenvalue weighted by Gasteiger charge is 2.15. The molecule has 0 bridgehead atoms. The SMILES string of the molecule is Cc1ccc(-c2nn(CN(C)[C@H](C)c3ccc(-n4cncn4)cc3)c(=S)o2)cc1. The first kappa shape index (κ1) is 19.2. The largest absolute Gasteiger partial charge is 0.409 e. The third-order valence-electron chi connectivity index (χ3n) is 4.98. The molecular weight excluding hydrogens is 384 g/mol. The zero-order chi connectivity index (χ0) is 20.4. The molecule has 4 rings (SSSR count). The van der Waals surface area contributed by atoms with Crippen molar-refractivity contribution in [2.75, 3.05) is 7.05 Å². The summed E-state index contributed by atoms with van der Waals surface area (Å²) in [6.45, 7) is 4.72. The molecule has 0 saturated heterocycles. The van der Waals surface area contributed by atoms with E-state index in [0.29, 0.717) is 17.4 Å². The van der Waals surface area contributed by atoms with E-state index >= 15 is 0 Å². The van der Waals surface area contributed by atoms with Gasteiger partial charge in [-0.15, -0.1) is 5.10 Å². The average Bonchev–Trinajstić information content (AvgIpc) is 3.39. The molecule has 0 unspecified atom stereocenters. The van der Waals surface area contributed by atoms with Crippen molar-refractivity contribution in [1.29, 1.82) is 0 Å². The smallest absolute Gasteiger partial charge is 0.288 e. The summed E-state index contributed by atoms with van der Waals surface area (Å²) < 4.78 is 9.16. The summed E-state index contributed by atoms with van der Waals surface area (Å²) in [5.74, 6) is 0.535. The van der Waals surface area contributed by atoms with Gasteiger partial charge in [-0.2, -0.15) is 5.10 Å². The van der Waals surface area contributed by atoms with Crippen LogP contribution in [0.1, 0.15) is 24.1 Å². The first-order chi connectivity index (χ1) is 14.0. The van der Waals surface area contributed by atoms with Crippen molar-refractivity contribution in [2.24, 2.45) is 0 Å². The van der Waals surface area contributed by atoms with Crippen LogP contribution in [0.15, 0.2) is 65.6 Å². The lowest BCUT2D eigenvalue weighted by molar-refractivity contribution is 0.192. The zero-order valence-electron chi connectivity index (χ0n) is 16.6. The van der Waals surface area contributed by atoms with Crippen LogP contribution >= 0.6 is 12.2 Å². The monoisotopic (exact) mass is 406 g/mol. The fourth-order valence-electron chi connectivity index (χ4n) is 3.04. The first-order valence-corrected chi connectivity index (χ1v) is 9.72. The number of hydrogen-bond acceptors (Lipinski definition) is 6. The van der Waals surface area contributed by atoms with Crippen molar-refractivity contribution in [3.8, 4) is 17.1 Å². The van der Waals surface area contributed by atoms with Crippen molar-refractivity contribution in [3.05, 3.63) is 77.1 Å². The second-order valence-electron chi connectivity index (χ2n) is 7.04. The molecule has 2 aromatic carbocycles. The number of nitrogens with zero attached hydrogens (tertiary/aromatic N) is 6. The maximum atomic E-state index is 5.71. The topological polar surface area (TPSA) is 64.9 Å². The third kappa shape index (κ3) is 4.18. The van der Waals surface area contributed by atoms with Crippen molar-refractivity contribution in [1.82, 2.24) is 29.4 Å². The van der Waals surface area contributed by atoms with Gasteiger partial charge in [0.05, 0.1) is 12.4 Å². The van der Waals surface area contributed by atoms with E-state index in [2.05, 4.69) is 39.1 Å². The molecule has 0 amide bonds. The molecule has 8 heteroatoms. The van der Waals surface area contributed by atoms with Gasteiger partial charge >= 0.3 is 0 Å². The van der Waals surface area contributed by atoms with E-state index in [0.717, 1.165) is 11.3 Å². The second kappa shape index (κ2) is 8.10. The second-order valence-corrected chi connectivity index (χ2v) is 7.39. The normalized spacial score (nSPS) is 12.4. The van der Waals surface area contributed by atoms with E-state index < -0.39 is 0 Å². The van der Waals surface area contributed by atoms with Crippen LogP contribution in [0.4, 0.5) is 0 Å². The summed E-state index contributed by atoms with van der Waals surface area (Å²) in [7, 11) is 2.04. The highest BCUT2D eigenvalue weighted by Crippen LogP contribution is 2.22. The molecule has 0 spiro atoms. The Morgan fingerprint density at radius 1 is 1.10 bits per heavy atom. The van der Waals surface area contributed by atoms with Gasteiger partial charge < -0.3 is 4.42 Å². The molecule has 2 heterocycles. The first-order valence-electron chi connectivity index (χ1n) is 9.31. The van der Waals surface area contributed by atoms with Gasteiger partial charge in [-0.1, -0.05) is 29.8 Å². The van der Waals surface area contributed by atoms with E-state index in [-0.39, 0.29) is 6.04 Å². The Kier molecular flexibility index (Phi) is 5.37. The summed E-state index contributed by atoms with van der Waals surface area (Å²) in [5.41, 5.74) is 4.27. The summed E-state index contributed by atoms with van der Waals surface area (Å²) in [4.78, 5) is 6.51. The molecule has 29 heavy (non-hydrogen) atoms. The van der Waals surface area contributed by atoms with E-state index in [9.17, 15) is 0 Å². The minimum absolute atomic E-state index is 0.168. The van der Waals surface area contributed by atoms with Crippen molar-refractivity contribution < 1.29 is 4.42 Å². The van der Waals surface area contributed by atoms with Crippen LogP contribution in [-0.4, -0.2) is 36.5 Å². The Hall–Kier alpha value is -3.10. The predicted molar refractivity (Wildman–Crippen MR) is 113 cm³/mol. The van der Waals surface area contributed by atoms with Gasteiger partial charge in [-0.05, 0) is 62.9 Å². The Bertz CT molecular complexity index is 1130. The van der Waals surface area contributed by atoms with Crippen molar-refractivity contribution in [2.45, 2.75) is 26.6 Å². The van der Waals surface area contributed by atoms with Gasteiger partial charge in [0.25, 0.3) is 4.84 Å². The standard InChI is InChI=1S/C21H22N6OS/c1-15-4-6-18(7-5-15)20-24-27(21(29)28-20)14-25(3)16(2)17-8-10-19(11-9-17)26-13-22-12-23-26/h4-13,16H,14H2,1-3H3/t16-/m1/s1. The van der Waals surface area contributed by atoms with Gasteiger partial charge in [0.2, 0.25) is 5.89 Å². The fourth-order valence-corrected chi connectivity index (χ4v) is 3.22. The minimum atomic E-state index is 0.168. The Morgan fingerprint density at radius 2 is 1.83 bits per heavy atom. The summed E-state index contributed by atoms with van der Waals surface area (Å²) in [5, 5.41) is 8.71. The molecule has 0 radical (unpaired) electrons. The minimum Gasteiger partial charge on any atom is -0.409 e. The molecule has 0 saturated carbocycles. The van der Waals surface area contributed by atoms with Crippen molar-refractivity contribution >= 4 is 12.2 Å². The Morgan fingerprint density at radius 3 is 2.48 bits per heavy atom. The van der Waals surface area contributed by atoms with Gasteiger partial charge in [0, 0.05) is 11.6 Å². The van der Waals surface area contributed by atoms with Crippen LogP contribution in [0.2, 0.25) is 0 Å². The lowest BCUT2D eigenvalue weighted by Crippen LogP contribution is -2.26. The molecule has 0 aliphatic carbocycles. The molecule has 0 N–H and O–H groups in total. The van der Waals surface area contributed by atoms with Crippen LogP contribution in [0.25, 0.3) is 17.1 Å². The van der Waals surface area contributed by atoms with Crippen LogP contribution in [0.3, 0.4) is 0 Å². The van der Waals surface area contributed by atoms with E-state index in [4.69, 9.17) is 16.6 Å². The summed E-state index contributed by atoms with van der Waals surface area (Å²) in [6.07, 6.45) is 3.21. The zero-order valence-corrected chi connectivity index (χ0v) is 17.4.